The summed E-state index contributed by atoms with van der Waals surface area (Å²) in [6.07, 6.45) is 10.7. The standard InChI is InChI=1S/C18H24N6O2/c1-12-21-6-9-24(12)17-11-20-10-16(22-17)23-7-4-13(5-8-23)14-2-3-15(26-14)18(19)25/h6,9-11,13-15H,2-5,7-8H2,1H3,(H2,19,25)/t14-,15+/m0/s1. The molecule has 4 rings (SSSR count). The van der Waals surface area contributed by atoms with E-state index in [9.17, 15) is 4.79 Å². The van der Waals surface area contributed by atoms with Crippen LogP contribution in [0.15, 0.2) is 24.8 Å². The highest BCUT2D eigenvalue weighted by molar-refractivity contribution is 5.79. The zero-order valence-corrected chi connectivity index (χ0v) is 14.9. The van der Waals surface area contributed by atoms with E-state index in [0.717, 1.165) is 56.2 Å². The Hall–Kier alpha value is -2.48. The van der Waals surface area contributed by atoms with E-state index in [-0.39, 0.29) is 12.0 Å². The van der Waals surface area contributed by atoms with E-state index >= 15 is 0 Å². The molecule has 2 aliphatic heterocycles. The maximum atomic E-state index is 11.3. The van der Waals surface area contributed by atoms with Gasteiger partial charge >= 0.3 is 0 Å². The Balaban J connectivity index is 1.40. The van der Waals surface area contributed by atoms with E-state index in [2.05, 4.69) is 14.9 Å². The molecule has 2 N–H and O–H groups in total. The number of nitrogens with two attached hydrogens (primary N) is 1. The van der Waals surface area contributed by atoms with Crippen LogP contribution in [-0.2, 0) is 9.53 Å². The SMILES string of the molecule is Cc1nccn1-c1cncc(N2CCC([C@@H]3CC[C@H](C(N)=O)O3)CC2)n1. The van der Waals surface area contributed by atoms with Crippen molar-refractivity contribution in [3.05, 3.63) is 30.6 Å². The number of hydrogen-bond donors (Lipinski definition) is 1. The third-order valence-electron chi connectivity index (χ3n) is 5.44. The van der Waals surface area contributed by atoms with Crippen LogP contribution in [0.2, 0.25) is 0 Å². The molecule has 2 aromatic heterocycles. The van der Waals surface area contributed by atoms with Gasteiger partial charge in [0.05, 0.1) is 18.5 Å². The first-order chi connectivity index (χ1) is 12.6. The molecule has 0 aliphatic carbocycles. The molecule has 0 unspecified atom stereocenters. The maximum Gasteiger partial charge on any atom is 0.246 e. The summed E-state index contributed by atoms with van der Waals surface area (Å²) in [6.45, 7) is 3.76. The zero-order chi connectivity index (χ0) is 18.1. The highest BCUT2D eigenvalue weighted by Crippen LogP contribution is 2.32. The van der Waals surface area contributed by atoms with Gasteiger partial charge in [-0.3, -0.25) is 14.3 Å². The fourth-order valence-corrected chi connectivity index (χ4v) is 3.95. The lowest BCUT2D eigenvalue weighted by Gasteiger charge is -2.35. The van der Waals surface area contributed by atoms with Crippen molar-refractivity contribution < 1.29 is 9.53 Å². The smallest absolute Gasteiger partial charge is 0.246 e. The van der Waals surface area contributed by atoms with Gasteiger partial charge in [-0.1, -0.05) is 0 Å². The number of aromatic nitrogens is 4. The minimum absolute atomic E-state index is 0.153. The number of anilines is 1. The van der Waals surface area contributed by atoms with Gasteiger partial charge in [-0.15, -0.1) is 0 Å². The molecular weight excluding hydrogens is 332 g/mol. The zero-order valence-electron chi connectivity index (χ0n) is 14.9. The fourth-order valence-electron chi connectivity index (χ4n) is 3.95. The predicted molar refractivity (Wildman–Crippen MR) is 95.9 cm³/mol. The highest BCUT2D eigenvalue weighted by atomic mass is 16.5. The number of carbonyl (C=O) groups excluding carboxylic acids is 1. The molecule has 2 saturated heterocycles. The molecule has 8 heteroatoms. The predicted octanol–water partition coefficient (Wildman–Crippen LogP) is 1.22. The molecule has 0 bridgehead atoms. The lowest BCUT2D eigenvalue weighted by Crippen LogP contribution is -2.39. The van der Waals surface area contributed by atoms with Gasteiger partial charge in [0.25, 0.3) is 0 Å². The number of rotatable bonds is 4. The van der Waals surface area contributed by atoms with Crippen LogP contribution in [0.1, 0.15) is 31.5 Å². The largest absolute Gasteiger partial charge is 0.367 e. The van der Waals surface area contributed by atoms with Crippen molar-refractivity contribution in [1.82, 2.24) is 19.5 Å². The van der Waals surface area contributed by atoms with Crippen LogP contribution in [0.4, 0.5) is 5.82 Å². The summed E-state index contributed by atoms with van der Waals surface area (Å²) in [5, 5.41) is 0. The topological polar surface area (TPSA) is 99.2 Å². The minimum atomic E-state index is -0.404. The van der Waals surface area contributed by atoms with Crippen molar-refractivity contribution >= 4 is 11.7 Å². The van der Waals surface area contributed by atoms with Gasteiger partial charge in [0.1, 0.15) is 17.7 Å². The van der Waals surface area contributed by atoms with E-state index in [1.54, 1.807) is 12.4 Å². The van der Waals surface area contributed by atoms with Gasteiger partial charge in [-0.25, -0.2) is 9.97 Å². The normalized spacial score (nSPS) is 24.1. The summed E-state index contributed by atoms with van der Waals surface area (Å²) in [4.78, 5) is 26.9. The van der Waals surface area contributed by atoms with Crippen LogP contribution in [0, 0.1) is 12.8 Å². The first-order valence-corrected chi connectivity index (χ1v) is 9.14. The van der Waals surface area contributed by atoms with Crippen LogP contribution in [0.3, 0.4) is 0 Å². The second-order valence-electron chi connectivity index (χ2n) is 7.05. The van der Waals surface area contributed by atoms with Gasteiger partial charge in [-0.2, -0.15) is 0 Å². The number of nitrogens with zero attached hydrogens (tertiary/aromatic N) is 5. The number of ether oxygens (including phenoxy) is 1. The molecule has 138 valence electrons. The molecule has 0 aromatic carbocycles. The first-order valence-electron chi connectivity index (χ1n) is 9.14. The fraction of sp³-hybridized carbons (Fsp3) is 0.556. The number of piperidine rings is 1. The Morgan fingerprint density at radius 1 is 1.19 bits per heavy atom. The van der Waals surface area contributed by atoms with Gasteiger partial charge in [0.15, 0.2) is 5.82 Å². The van der Waals surface area contributed by atoms with Crippen LogP contribution in [0.25, 0.3) is 5.82 Å². The second kappa shape index (κ2) is 7.03. The molecule has 4 heterocycles. The second-order valence-corrected chi connectivity index (χ2v) is 7.05. The number of carbonyl (C=O) groups is 1. The lowest BCUT2D eigenvalue weighted by molar-refractivity contribution is -0.130. The van der Waals surface area contributed by atoms with Crippen molar-refractivity contribution in [3.63, 3.8) is 0 Å². The molecule has 1 amide bonds. The Morgan fingerprint density at radius 2 is 1.96 bits per heavy atom. The molecular formula is C18H24N6O2. The number of imidazole rings is 1. The quantitative estimate of drug-likeness (QED) is 0.884. The van der Waals surface area contributed by atoms with E-state index in [4.69, 9.17) is 15.5 Å². The van der Waals surface area contributed by atoms with Crippen molar-refractivity contribution in [2.24, 2.45) is 11.7 Å². The average Bonchev–Trinajstić information content (AvgIpc) is 3.31. The Kier molecular flexibility index (Phi) is 4.58. The third-order valence-corrected chi connectivity index (χ3v) is 5.44. The van der Waals surface area contributed by atoms with Crippen molar-refractivity contribution in [3.8, 4) is 5.82 Å². The Morgan fingerprint density at radius 3 is 2.62 bits per heavy atom. The van der Waals surface area contributed by atoms with E-state index in [1.165, 1.54) is 0 Å². The summed E-state index contributed by atoms with van der Waals surface area (Å²) < 4.78 is 7.78. The lowest BCUT2D eigenvalue weighted by atomic mass is 9.90. The molecule has 2 fully saturated rings. The molecule has 0 saturated carbocycles. The molecule has 0 radical (unpaired) electrons. The molecule has 8 nitrogen and oxygen atoms in total. The van der Waals surface area contributed by atoms with Crippen molar-refractivity contribution in [2.45, 2.75) is 44.8 Å². The summed E-state index contributed by atoms with van der Waals surface area (Å²) in [5.74, 6) is 2.69. The van der Waals surface area contributed by atoms with Gasteiger partial charge in [0.2, 0.25) is 5.91 Å². The molecule has 2 aromatic rings. The van der Waals surface area contributed by atoms with Crippen LogP contribution >= 0.6 is 0 Å². The average molecular weight is 356 g/mol. The first kappa shape index (κ1) is 17.0. The summed E-state index contributed by atoms with van der Waals surface area (Å²) in [5.41, 5.74) is 5.36. The molecule has 2 aliphatic rings. The van der Waals surface area contributed by atoms with Gasteiger partial charge in [-0.05, 0) is 38.5 Å². The summed E-state index contributed by atoms with van der Waals surface area (Å²) in [6, 6.07) is 0. The number of amides is 1. The summed E-state index contributed by atoms with van der Waals surface area (Å²) >= 11 is 0. The van der Waals surface area contributed by atoms with E-state index in [1.807, 2.05) is 23.9 Å². The Labute approximate surface area is 152 Å². The third kappa shape index (κ3) is 3.29. The van der Waals surface area contributed by atoms with Crippen LogP contribution < -0.4 is 10.6 Å². The van der Waals surface area contributed by atoms with Crippen LogP contribution in [-0.4, -0.2) is 50.7 Å². The Bertz CT molecular complexity index is 783. The number of aryl methyl sites for hydroxylation is 1. The van der Waals surface area contributed by atoms with Gasteiger partial charge < -0.3 is 15.4 Å². The van der Waals surface area contributed by atoms with E-state index in [0.29, 0.717) is 5.92 Å². The van der Waals surface area contributed by atoms with Crippen LogP contribution in [0.5, 0.6) is 0 Å². The summed E-state index contributed by atoms with van der Waals surface area (Å²) in [7, 11) is 0. The number of primary amides is 1. The molecule has 0 spiro atoms. The monoisotopic (exact) mass is 356 g/mol. The maximum absolute atomic E-state index is 11.3. The van der Waals surface area contributed by atoms with Crippen molar-refractivity contribution in [2.75, 3.05) is 18.0 Å². The molecule has 26 heavy (non-hydrogen) atoms. The number of hydrogen-bond acceptors (Lipinski definition) is 6. The highest BCUT2D eigenvalue weighted by Gasteiger charge is 2.36. The van der Waals surface area contributed by atoms with Crippen molar-refractivity contribution in [1.29, 1.82) is 0 Å². The van der Waals surface area contributed by atoms with Gasteiger partial charge in [0, 0.05) is 25.5 Å². The molecule has 2 atom stereocenters. The minimum Gasteiger partial charge on any atom is -0.367 e. The van der Waals surface area contributed by atoms with E-state index < -0.39 is 6.10 Å².